The van der Waals surface area contributed by atoms with Crippen molar-refractivity contribution in [1.29, 1.82) is 0 Å². The van der Waals surface area contributed by atoms with Crippen molar-refractivity contribution in [3.8, 4) is 23.0 Å². The average Bonchev–Trinajstić information content (AvgIpc) is 3.16. The van der Waals surface area contributed by atoms with Crippen molar-refractivity contribution in [2.45, 2.75) is 19.4 Å². The van der Waals surface area contributed by atoms with E-state index in [2.05, 4.69) is 20.4 Å². The van der Waals surface area contributed by atoms with Crippen LogP contribution in [0.25, 0.3) is 23.0 Å². The Balaban J connectivity index is 1.80. The first-order valence-electron chi connectivity index (χ1n) is 7.01. The average molecular weight is 315 g/mol. The molecule has 8 nitrogen and oxygen atoms in total. The molecule has 8 heteroatoms. The van der Waals surface area contributed by atoms with Gasteiger partial charge in [-0.25, -0.2) is 4.98 Å². The van der Waals surface area contributed by atoms with Gasteiger partial charge in [0, 0.05) is 12.1 Å². The zero-order chi connectivity index (χ0) is 16.4. The molecule has 0 spiro atoms. The van der Waals surface area contributed by atoms with Crippen LogP contribution in [0, 0.1) is 0 Å². The van der Waals surface area contributed by atoms with Crippen molar-refractivity contribution in [3.63, 3.8) is 0 Å². The summed E-state index contributed by atoms with van der Waals surface area (Å²) in [5, 5.41) is 16.7. The summed E-state index contributed by atoms with van der Waals surface area (Å²) in [5.41, 5.74) is 7.64. The van der Waals surface area contributed by atoms with E-state index in [1.807, 2.05) is 6.07 Å². The first kappa shape index (κ1) is 15.0. The molecule has 4 N–H and O–H groups in total. The molecule has 0 saturated heterocycles. The number of anilines is 2. The van der Waals surface area contributed by atoms with E-state index in [0.29, 0.717) is 35.2 Å². The molecule has 3 rings (SSSR count). The summed E-state index contributed by atoms with van der Waals surface area (Å²) in [7, 11) is 0. The second kappa shape index (κ2) is 5.73. The van der Waals surface area contributed by atoms with Gasteiger partial charge in [-0.15, -0.1) is 0 Å². The van der Waals surface area contributed by atoms with Gasteiger partial charge in [0.2, 0.25) is 5.82 Å². The summed E-state index contributed by atoms with van der Waals surface area (Å²) in [5.74, 6) is 0.681. The second-order valence-corrected chi connectivity index (χ2v) is 5.76. The molecule has 0 unspecified atom stereocenters. The Morgan fingerprint density at radius 3 is 2.83 bits per heavy atom. The van der Waals surface area contributed by atoms with E-state index in [0.717, 1.165) is 5.69 Å². The van der Waals surface area contributed by atoms with Crippen molar-refractivity contribution in [2.75, 3.05) is 17.6 Å². The topological polar surface area (TPSA) is 123 Å². The molecule has 0 aliphatic heterocycles. The molecule has 0 amide bonds. The minimum atomic E-state index is -0.829. The lowest BCUT2D eigenvalue weighted by Crippen LogP contribution is -2.29. The Hall–Kier alpha value is -2.87. The first-order valence-corrected chi connectivity index (χ1v) is 7.01. The van der Waals surface area contributed by atoms with Crippen LogP contribution in [0.2, 0.25) is 0 Å². The van der Waals surface area contributed by atoms with Gasteiger partial charge in [0.1, 0.15) is 12.0 Å². The maximum absolute atomic E-state index is 9.75. The molecule has 0 saturated carbocycles. The fourth-order valence-electron chi connectivity index (χ4n) is 1.94. The van der Waals surface area contributed by atoms with E-state index in [1.165, 1.54) is 12.7 Å². The van der Waals surface area contributed by atoms with Crippen LogP contribution >= 0.6 is 0 Å². The molecule has 0 radical (unpaired) electrons. The van der Waals surface area contributed by atoms with E-state index in [9.17, 15) is 5.11 Å². The largest absolute Gasteiger partial charge is 0.451 e. The molecule has 2 aromatic heterocycles. The van der Waals surface area contributed by atoms with Crippen LogP contribution in [0.1, 0.15) is 13.8 Å². The molecular weight excluding hydrogens is 298 g/mol. The Morgan fingerprint density at radius 2 is 2.17 bits per heavy atom. The highest BCUT2D eigenvalue weighted by Gasteiger charge is 2.15. The minimum Gasteiger partial charge on any atom is -0.451 e. The van der Waals surface area contributed by atoms with Gasteiger partial charge in [-0.2, -0.15) is 4.98 Å². The van der Waals surface area contributed by atoms with Crippen molar-refractivity contribution in [3.05, 3.63) is 30.9 Å². The van der Waals surface area contributed by atoms with Crippen molar-refractivity contribution in [2.24, 2.45) is 0 Å². The van der Waals surface area contributed by atoms with E-state index < -0.39 is 5.60 Å². The Labute approximate surface area is 132 Å². The smallest absolute Gasteiger partial charge is 0.258 e. The number of aliphatic hydroxyl groups is 1. The van der Waals surface area contributed by atoms with Gasteiger partial charge in [0.25, 0.3) is 5.89 Å². The summed E-state index contributed by atoms with van der Waals surface area (Å²) >= 11 is 0. The monoisotopic (exact) mass is 315 g/mol. The van der Waals surface area contributed by atoms with Gasteiger partial charge in [-0.3, -0.25) is 0 Å². The van der Waals surface area contributed by atoms with Crippen LogP contribution in [0.15, 0.2) is 39.8 Å². The summed E-state index contributed by atoms with van der Waals surface area (Å²) < 4.78 is 10.1. The van der Waals surface area contributed by atoms with Gasteiger partial charge < -0.3 is 25.1 Å². The summed E-state index contributed by atoms with van der Waals surface area (Å²) in [6, 6.07) is 5.34. The number of oxazole rings is 1. The molecule has 2 heterocycles. The number of nitrogen functional groups attached to an aromatic ring is 1. The maximum atomic E-state index is 9.75. The molecule has 0 atom stereocenters. The minimum absolute atomic E-state index is 0.337. The third-order valence-electron chi connectivity index (χ3n) is 3.10. The molecule has 0 fully saturated rings. The number of benzene rings is 1. The normalized spacial score (nSPS) is 11.6. The Kier molecular flexibility index (Phi) is 3.75. The SMILES string of the molecule is CC(C)(O)CNc1ccc(-c2nc(-c3cocn3)no2)cc1N. The quantitative estimate of drug-likeness (QED) is 0.612. The van der Waals surface area contributed by atoms with E-state index in [4.69, 9.17) is 14.7 Å². The van der Waals surface area contributed by atoms with Crippen molar-refractivity contribution >= 4 is 11.4 Å². The third kappa shape index (κ3) is 3.49. The van der Waals surface area contributed by atoms with Gasteiger partial charge in [-0.05, 0) is 32.0 Å². The fraction of sp³-hybridized carbons (Fsp3) is 0.267. The second-order valence-electron chi connectivity index (χ2n) is 5.76. The molecule has 0 bridgehead atoms. The predicted octanol–water partition coefficient (Wildman–Crippen LogP) is 2.16. The third-order valence-corrected chi connectivity index (χ3v) is 3.10. The van der Waals surface area contributed by atoms with Crippen molar-refractivity contribution in [1.82, 2.24) is 15.1 Å². The number of nitrogens with two attached hydrogens (primary N) is 1. The van der Waals surface area contributed by atoms with Gasteiger partial charge in [0.05, 0.1) is 17.0 Å². The van der Waals surface area contributed by atoms with E-state index in [-0.39, 0.29) is 0 Å². The number of hydrogen-bond donors (Lipinski definition) is 3. The molecule has 23 heavy (non-hydrogen) atoms. The zero-order valence-corrected chi connectivity index (χ0v) is 12.8. The highest BCUT2D eigenvalue weighted by molar-refractivity contribution is 5.73. The van der Waals surface area contributed by atoms with Crippen LogP contribution in [0.5, 0.6) is 0 Å². The standard InChI is InChI=1S/C15H17N5O3/c1-15(2,21)7-17-11-4-3-9(5-10(11)16)14-19-13(20-23-14)12-6-22-8-18-12/h3-6,8,17,21H,7,16H2,1-2H3. The lowest BCUT2D eigenvalue weighted by Gasteiger charge is -2.19. The highest BCUT2D eigenvalue weighted by Crippen LogP contribution is 2.27. The predicted molar refractivity (Wildman–Crippen MR) is 84.4 cm³/mol. The highest BCUT2D eigenvalue weighted by atomic mass is 16.5. The molecule has 3 aromatic rings. The Morgan fingerprint density at radius 1 is 1.35 bits per heavy atom. The fourth-order valence-corrected chi connectivity index (χ4v) is 1.94. The van der Waals surface area contributed by atoms with Gasteiger partial charge in [-0.1, -0.05) is 5.16 Å². The van der Waals surface area contributed by atoms with Crippen LogP contribution in [-0.4, -0.2) is 32.4 Å². The Bertz CT molecular complexity index is 790. The summed E-state index contributed by atoms with van der Waals surface area (Å²) in [6.07, 6.45) is 2.74. The first-order chi connectivity index (χ1) is 10.9. The molecular formula is C15H17N5O3. The number of nitrogens with zero attached hydrogens (tertiary/aromatic N) is 3. The number of aromatic nitrogens is 3. The van der Waals surface area contributed by atoms with Gasteiger partial charge >= 0.3 is 0 Å². The summed E-state index contributed by atoms with van der Waals surface area (Å²) in [6.45, 7) is 3.82. The van der Waals surface area contributed by atoms with Crippen LogP contribution in [0.3, 0.4) is 0 Å². The van der Waals surface area contributed by atoms with Crippen molar-refractivity contribution < 1.29 is 14.0 Å². The number of rotatable bonds is 5. The van der Waals surface area contributed by atoms with E-state index in [1.54, 1.807) is 26.0 Å². The molecule has 0 aliphatic carbocycles. The molecule has 0 aliphatic rings. The molecule has 1 aromatic carbocycles. The molecule has 120 valence electrons. The summed E-state index contributed by atoms with van der Waals surface area (Å²) in [4.78, 5) is 8.23. The van der Waals surface area contributed by atoms with Crippen LogP contribution in [-0.2, 0) is 0 Å². The zero-order valence-electron chi connectivity index (χ0n) is 12.8. The number of hydrogen-bond acceptors (Lipinski definition) is 8. The number of nitrogens with one attached hydrogen (secondary N) is 1. The van der Waals surface area contributed by atoms with Crippen LogP contribution < -0.4 is 11.1 Å². The maximum Gasteiger partial charge on any atom is 0.258 e. The lowest BCUT2D eigenvalue weighted by atomic mass is 10.1. The van der Waals surface area contributed by atoms with E-state index >= 15 is 0 Å². The lowest BCUT2D eigenvalue weighted by molar-refractivity contribution is 0.0945. The van der Waals surface area contributed by atoms with Gasteiger partial charge in [0.15, 0.2) is 6.39 Å². The van der Waals surface area contributed by atoms with Crippen LogP contribution in [0.4, 0.5) is 11.4 Å².